The monoisotopic (exact) mass is 711 g/mol. The van der Waals surface area contributed by atoms with E-state index in [1.54, 1.807) is 4.90 Å². The zero-order valence-corrected chi connectivity index (χ0v) is 29.4. The largest absolute Gasteiger partial charge is 0.420 e. The predicted molar refractivity (Wildman–Crippen MR) is 184 cm³/mol. The van der Waals surface area contributed by atoms with E-state index in [-0.39, 0.29) is 30.8 Å². The first-order valence-corrected chi connectivity index (χ1v) is 18.5. The van der Waals surface area contributed by atoms with Gasteiger partial charge in [0.25, 0.3) is 11.8 Å². The highest BCUT2D eigenvalue weighted by molar-refractivity contribution is 6.00. The molecule has 2 fully saturated rings. The lowest BCUT2D eigenvalue weighted by Gasteiger charge is -2.44. The molecule has 12 heteroatoms. The number of aromatic nitrogens is 1. The fraction of sp³-hybridized carbons (Fsp3) is 0.590. The van der Waals surface area contributed by atoms with Gasteiger partial charge in [0, 0.05) is 55.7 Å². The first-order chi connectivity index (χ1) is 24.7. The molecule has 1 unspecified atom stereocenters. The van der Waals surface area contributed by atoms with E-state index < -0.39 is 70.3 Å². The molecule has 9 nitrogen and oxygen atoms in total. The van der Waals surface area contributed by atoms with Gasteiger partial charge >= 0.3 is 5.97 Å². The van der Waals surface area contributed by atoms with Crippen molar-refractivity contribution < 1.29 is 37.0 Å². The molecule has 2 aliphatic heterocycles. The van der Waals surface area contributed by atoms with Crippen LogP contribution in [0.4, 0.5) is 13.2 Å². The Balaban J connectivity index is 1.19. The second kappa shape index (κ2) is 18.4. The summed E-state index contributed by atoms with van der Waals surface area (Å²) in [6, 6.07) is 0.888. The maximum atomic E-state index is 14.2. The van der Waals surface area contributed by atoms with Crippen molar-refractivity contribution >= 4 is 17.8 Å². The number of pyridine rings is 1. The molecule has 2 aromatic rings. The zero-order chi connectivity index (χ0) is 36.3. The topological polar surface area (TPSA) is 107 Å². The van der Waals surface area contributed by atoms with Crippen LogP contribution in [0.5, 0.6) is 5.75 Å². The van der Waals surface area contributed by atoms with Crippen molar-refractivity contribution in [3.8, 4) is 17.6 Å². The molecule has 51 heavy (non-hydrogen) atoms. The Morgan fingerprint density at radius 1 is 0.922 bits per heavy atom. The lowest BCUT2D eigenvalue weighted by Crippen LogP contribution is -2.57. The van der Waals surface area contributed by atoms with Gasteiger partial charge in [-0.1, -0.05) is 58.3 Å². The van der Waals surface area contributed by atoms with E-state index in [0.29, 0.717) is 25.0 Å². The van der Waals surface area contributed by atoms with Gasteiger partial charge in [0.2, 0.25) is 11.2 Å². The Hall–Kier alpha value is -4.11. The predicted octanol–water partition coefficient (Wildman–Crippen LogP) is 7.32. The molecule has 276 valence electrons. The van der Waals surface area contributed by atoms with Crippen LogP contribution in [0.1, 0.15) is 142 Å². The molecule has 5 rings (SSSR count). The fourth-order valence-corrected chi connectivity index (χ4v) is 7.15. The maximum absolute atomic E-state index is 14.2. The Kier molecular flexibility index (Phi) is 13.8. The second-order valence-electron chi connectivity index (χ2n) is 13.7. The Morgan fingerprint density at radius 2 is 1.57 bits per heavy atom. The van der Waals surface area contributed by atoms with Crippen LogP contribution < -0.4 is 15.5 Å². The van der Waals surface area contributed by atoms with E-state index in [1.165, 1.54) is 42.9 Å². The van der Waals surface area contributed by atoms with E-state index in [2.05, 4.69) is 24.1 Å². The third kappa shape index (κ3) is 9.82. The highest BCUT2D eigenvalue weighted by Crippen LogP contribution is 2.39. The van der Waals surface area contributed by atoms with Crippen LogP contribution in [0.3, 0.4) is 0 Å². The van der Waals surface area contributed by atoms with Gasteiger partial charge in [-0.3, -0.25) is 19.2 Å². The van der Waals surface area contributed by atoms with Crippen molar-refractivity contribution in [2.45, 2.75) is 148 Å². The summed E-state index contributed by atoms with van der Waals surface area (Å²) < 4.78 is 54.9. The van der Waals surface area contributed by atoms with Crippen LogP contribution in [0.2, 0.25) is 0 Å². The van der Waals surface area contributed by atoms with Crippen molar-refractivity contribution in [2.75, 3.05) is 0 Å². The molecule has 1 aromatic heterocycles. The van der Waals surface area contributed by atoms with E-state index >= 15 is 0 Å². The van der Waals surface area contributed by atoms with Crippen LogP contribution in [-0.2, 0) is 22.6 Å². The fourth-order valence-electron chi connectivity index (χ4n) is 7.15. The number of hydrogen-bond donors (Lipinski definition) is 1. The van der Waals surface area contributed by atoms with Gasteiger partial charge in [-0.15, -0.1) is 11.8 Å². The van der Waals surface area contributed by atoms with E-state index in [1.807, 2.05) is 0 Å². The number of esters is 1. The number of benzene rings is 1. The third-order valence-corrected chi connectivity index (χ3v) is 9.89. The van der Waals surface area contributed by atoms with Crippen molar-refractivity contribution in [1.82, 2.24) is 14.8 Å². The molecule has 1 aromatic carbocycles. The smallest absolute Gasteiger partial charge is 0.311 e. The number of amides is 2. The van der Waals surface area contributed by atoms with Gasteiger partial charge in [0.15, 0.2) is 11.9 Å². The SMILES string of the molecule is CCCCCCCCC#CCCCCCCCC(=O)Oc1c2n(cc(C(=O)NCc3c(F)cc(F)cc3F)c1=O)CC1O[C@@H]3CC[C@@H](C3)N1C2=O. The zero-order valence-electron chi connectivity index (χ0n) is 29.4. The van der Waals surface area contributed by atoms with Crippen molar-refractivity contribution in [2.24, 2.45) is 0 Å². The summed E-state index contributed by atoms with van der Waals surface area (Å²) >= 11 is 0. The number of carbonyl (C=O) groups excluding carboxylic acids is 3. The summed E-state index contributed by atoms with van der Waals surface area (Å²) in [5.41, 5.74) is -2.23. The third-order valence-electron chi connectivity index (χ3n) is 9.89. The number of nitrogens with one attached hydrogen (secondary N) is 1. The highest BCUT2D eigenvalue weighted by atomic mass is 19.1. The van der Waals surface area contributed by atoms with Gasteiger partial charge in [-0.05, 0) is 38.5 Å². The molecular weight excluding hydrogens is 663 g/mol. The van der Waals surface area contributed by atoms with E-state index in [0.717, 1.165) is 57.8 Å². The summed E-state index contributed by atoms with van der Waals surface area (Å²) in [5.74, 6) is 0.172. The number of nitrogens with zero attached hydrogens (tertiary/aromatic N) is 2. The van der Waals surface area contributed by atoms with Crippen LogP contribution in [0, 0.1) is 29.3 Å². The second-order valence-corrected chi connectivity index (χ2v) is 13.7. The molecule has 0 spiro atoms. The van der Waals surface area contributed by atoms with Crippen molar-refractivity contribution in [1.29, 1.82) is 0 Å². The standard InChI is InChI=1S/C39H48F3N3O6/c1-2-3-4-5-6-7-8-9-10-11-12-13-14-15-16-17-34(46)51-37-35-39(49)45-27-18-19-28(22-27)50-33(45)25-44(35)24-30(36(37)47)38(48)43-23-29-31(41)20-26(40)21-32(29)42/h20-21,24,27-28,33H,2-8,11-19,22-23,25H2,1H3,(H,43,48)/t27-,28+,33?/m0/s1. The molecule has 1 saturated heterocycles. The molecule has 3 heterocycles. The molecule has 1 N–H and O–H groups in total. The molecule has 2 amide bonds. The number of rotatable bonds is 17. The van der Waals surface area contributed by atoms with E-state index in [4.69, 9.17) is 9.47 Å². The number of halogens is 3. The van der Waals surface area contributed by atoms with Gasteiger partial charge < -0.3 is 24.3 Å². The summed E-state index contributed by atoms with van der Waals surface area (Å²) in [6.45, 7) is 1.62. The molecule has 3 atom stereocenters. The summed E-state index contributed by atoms with van der Waals surface area (Å²) in [6.07, 6.45) is 16.2. The molecule has 0 radical (unpaired) electrons. The maximum Gasteiger partial charge on any atom is 0.311 e. The minimum Gasteiger partial charge on any atom is -0.420 e. The molecule has 1 aliphatic carbocycles. The van der Waals surface area contributed by atoms with Gasteiger partial charge in [-0.25, -0.2) is 13.2 Å². The number of ether oxygens (including phenoxy) is 2. The van der Waals surface area contributed by atoms with Gasteiger partial charge in [0.1, 0.15) is 23.0 Å². The van der Waals surface area contributed by atoms with Crippen molar-refractivity contribution in [3.05, 3.63) is 62.8 Å². The lowest BCUT2D eigenvalue weighted by atomic mass is 10.1. The Morgan fingerprint density at radius 3 is 2.25 bits per heavy atom. The number of hydrogen-bond acceptors (Lipinski definition) is 6. The lowest BCUT2D eigenvalue weighted by molar-refractivity contribution is -0.135. The van der Waals surface area contributed by atoms with Crippen molar-refractivity contribution in [3.63, 3.8) is 0 Å². The average molecular weight is 712 g/mol. The molecule has 1 saturated carbocycles. The van der Waals surface area contributed by atoms with Crippen LogP contribution in [0.15, 0.2) is 23.1 Å². The van der Waals surface area contributed by atoms with Crippen LogP contribution in [-0.4, -0.2) is 45.6 Å². The molecular formula is C39H48F3N3O6. The highest BCUT2D eigenvalue weighted by Gasteiger charge is 2.48. The summed E-state index contributed by atoms with van der Waals surface area (Å²) in [5, 5.41) is 2.29. The first-order valence-electron chi connectivity index (χ1n) is 18.5. The molecule has 2 bridgehead atoms. The van der Waals surface area contributed by atoms with Crippen LogP contribution >= 0.6 is 0 Å². The number of carbonyl (C=O) groups is 3. The van der Waals surface area contributed by atoms with Gasteiger partial charge in [0.05, 0.1) is 12.6 Å². The Bertz CT molecular complexity index is 1680. The minimum atomic E-state index is -1.20. The van der Waals surface area contributed by atoms with Crippen LogP contribution in [0.25, 0.3) is 0 Å². The Labute approximate surface area is 297 Å². The quantitative estimate of drug-likeness (QED) is 0.105. The summed E-state index contributed by atoms with van der Waals surface area (Å²) in [7, 11) is 0. The minimum absolute atomic E-state index is 0.00440. The number of fused-ring (bicyclic) bond motifs is 5. The molecule has 3 aliphatic rings. The first kappa shape index (κ1) is 38.1. The number of unbranched alkanes of at least 4 members (excludes halogenated alkanes) is 11. The normalized spacial score (nSPS) is 18.9. The summed E-state index contributed by atoms with van der Waals surface area (Å²) in [4.78, 5) is 55.5. The van der Waals surface area contributed by atoms with Gasteiger partial charge in [-0.2, -0.15) is 0 Å². The van der Waals surface area contributed by atoms with E-state index in [9.17, 15) is 32.3 Å². The average Bonchev–Trinajstić information content (AvgIpc) is 3.47.